The Labute approximate surface area is 198 Å². The first-order chi connectivity index (χ1) is 15.4. The average molecular weight is 509 g/mol. The lowest BCUT2D eigenvalue weighted by Gasteiger charge is -2.10. The second-order valence-electron chi connectivity index (χ2n) is 6.52. The summed E-state index contributed by atoms with van der Waals surface area (Å²) in [6.07, 6.45) is 0. The van der Waals surface area contributed by atoms with Gasteiger partial charge < -0.3 is 4.74 Å². The maximum absolute atomic E-state index is 12.9. The van der Waals surface area contributed by atoms with Gasteiger partial charge in [0.05, 0.1) is 26.9 Å². The van der Waals surface area contributed by atoms with E-state index in [2.05, 4.69) is 9.37 Å². The van der Waals surface area contributed by atoms with E-state index in [0.29, 0.717) is 16.4 Å². The molecule has 0 amide bonds. The highest BCUT2D eigenvalue weighted by atomic mass is 35.5. The van der Waals surface area contributed by atoms with Crippen molar-refractivity contribution in [3.05, 3.63) is 88.9 Å². The summed E-state index contributed by atoms with van der Waals surface area (Å²) >= 11 is 12.9. The first kappa shape index (κ1) is 22.9. The first-order valence-electron chi connectivity index (χ1n) is 9.04. The number of ether oxygens (including phenoxy) is 1. The van der Waals surface area contributed by atoms with Crippen LogP contribution in [0.3, 0.4) is 0 Å². The Morgan fingerprint density at radius 3 is 2.34 bits per heavy atom. The molecule has 1 N–H and O–H groups in total. The van der Waals surface area contributed by atoms with E-state index in [0.717, 1.165) is 22.8 Å². The highest BCUT2D eigenvalue weighted by molar-refractivity contribution is 7.94. The third-order valence-electron chi connectivity index (χ3n) is 4.52. The molecule has 0 spiro atoms. The van der Waals surface area contributed by atoms with Crippen molar-refractivity contribution < 1.29 is 27.8 Å². The van der Waals surface area contributed by atoms with Crippen LogP contribution in [0, 0.1) is 0 Å². The van der Waals surface area contributed by atoms with E-state index in [1.165, 1.54) is 30.3 Å². The molecule has 0 unspecified atom stereocenters. The number of fused-ring (bicyclic) bond motifs is 1. The van der Waals surface area contributed by atoms with E-state index in [-0.39, 0.29) is 19.8 Å². The van der Waals surface area contributed by atoms with Gasteiger partial charge in [0.1, 0.15) is 11.5 Å². The van der Waals surface area contributed by atoms with Crippen LogP contribution in [0.5, 0.6) is 11.5 Å². The summed E-state index contributed by atoms with van der Waals surface area (Å²) in [5.41, 5.74) is 0. The van der Waals surface area contributed by atoms with E-state index in [1.54, 1.807) is 30.3 Å². The normalized spacial score (nSPS) is 11.6. The van der Waals surface area contributed by atoms with Gasteiger partial charge in [-0.25, -0.2) is 13.7 Å². The van der Waals surface area contributed by atoms with Gasteiger partial charge in [0.25, 0.3) is 0 Å². The summed E-state index contributed by atoms with van der Waals surface area (Å²) in [6, 6.07) is 21.3. The molecule has 0 aliphatic rings. The van der Waals surface area contributed by atoms with Gasteiger partial charge in [-0.05, 0) is 66.0 Å². The summed E-state index contributed by atoms with van der Waals surface area (Å²) < 4.78 is 36.3. The van der Waals surface area contributed by atoms with Gasteiger partial charge in [-0.3, -0.25) is 0 Å². The number of benzene rings is 4. The van der Waals surface area contributed by atoms with Crippen LogP contribution in [0.15, 0.2) is 93.5 Å². The zero-order chi connectivity index (χ0) is 22.7. The standard InChI is InChI=1S/C22H14Cl2O6S2/c23-15-5-11-20(24)22(12-15)32(26,27)18-9-7-16(8-10-18)28-17-6-4-14-2-1-3-21(19(14)13-17)31-30-29-25/h1-13,25H. The minimum absolute atomic E-state index is 0.0611. The van der Waals surface area contributed by atoms with Gasteiger partial charge in [-0.2, -0.15) is 0 Å². The summed E-state index contributed by atoms with van der Waals surface area (Å²) in [6.45, 7) is 0. The van der Waals surface area contributed by atoms with Crippen LogP contribution in [0.1, 0.15) is 0 Å². The predicted molar refractivity (Wildman–Crippen MR) is 123 cm³/mol. The smallest absolute Gasteiger partial charge is 0.208 e. The molecule has 0 aliphatic carbocycles. The maximum atomic E-state index is 12.9. The molecule has 0 aromatic heterocycles. The number of hydrogen-bond acceptors (Lipinski definition) is 7. The number of halogens is 2. The molecule has 6 nitrogen and oxygen atoms in total. The Bertz CT molecular complexity index is 1380. The van der Waals surface area contributed by atoms with Crippen LogP contribution in [0.25, 0.3) is 10.8 Å². The predicted octanol–water partition coefficient (Wildman–Crippen LogP) is 7.20. The van der Waals surface area contributed by atoms with E-state index in [9.17, 15) is 8.42 Å². The van der Waals surface area contributed by atoms with E-state index >= 15 is 0 Å². The molecule has 4 aromatic rings. The quantitative estimate of drug-likeness (QED) is 0.160. The van der Waals surface area contributed by atoms with Crippen LogP contribution >= 0.6 is 35.2 Å². The van der Waals surface area contributed by atoms with Crippen LogP contribution in [0.4, 0.5) is 0 Å². The second-order valence-corrected chi connectivity index (χ2v) is 10.0. The highest BCUT2D eigenvalue weighted by Crippen LogP contribution is 2.34. The summed E-state index contributed by atoms with van der Waals surface area (Å²) in [5.74, 6) is 0.976. The number of sulfone groups is 1. The number of hydrogen-bond donors (Lipinski definition) is 1. The summed E-state index contributed by atoms with van der Waals surface area (Å²) in [5, 5.41) is 14.2. The van der Waals surface area contributed by atoms with Gasteiger partial charge in [0, 0.05) is 15.3 Å². The SMILES string of the molecule is O=S(=O)(c1ccc(Oc2ccc3cccc(SOOO)c3c2)cc1)c1cc(Cl)ccc1Cl. The fourth-order valence-electron chi connectivity index (χ4n) is 3.04. The third-order valence-corrected chi connectivity index (χ3v) is 7.67. The largest absolute Gasteiger partial charge is 0.457 e. The molecule has 0 heterocycles. The summed E-state index contributed by atoms with van der Waals surface area (Å²) in [7, 11) is -3.85. The average Bonchev–Trinajstić information content (AvgIpc) is 2.79. The molecule has 32 heavy (non-hydrogen) atoms. The third kappa shape index (κ3) is 4.87. The summed E-state index contributed by atoms with van der Waals surface area (Å²) in [4.78, 5) is 0.711. The molecular formula is C22H14Cl2O6S2. The van der Waals surface area contributed by atoms with Gasteiger partial charge in [-0.15, -0.1) is 4.33 Å². The minimum atomic E-state index is -3.85. The Morgan fingerprint density at radius 2 is 1.59 bits per heavy atom. The zero-order valence-electron chi connectivity index (χ0n) is 16.1. The Balaban J connectivity index is 1.60. The molecule has 10 heteroatoms. The fourth-order valence-corrected chi connectivity index (χ4v) is 5.56. The van der Waals surface area contributed by atoms with Crippen molar-refractivity contribution >= 4 is 55.9 Å². The molecule has 4 aromatic carbocycles. The van der Waals surface area contributed by atoms with Crippen LogP contribution in [-0.2, 0) is 19.2 Å². The van der Waals surface area contributed by atoms with Crippen molar-refractivity contribution in [2.45, 2.75) is 14.7 Å². The molecule has 0 aliphatic heterocycles. The molecule has 0 saturated heterocycles. The van der Waals surface area contributed by atoms with Gasteiger partial charge in [0.2, 0.25) is 9.84 Å². The van der Waals surface area contributed by atoms with Crippen LogP contribution in [0.2, 0.25) is 10.0 Å². The van der Waals surface area contributed by atoms with Crippen molar-refractivity contribution in [2.75, 3.05) is 0 Å². The van der Waals surface area contributed by atoms with Crippen molar-refractivity contribution in [2.24, 2.45) is 0 Å². The lowest BCUT2D eigenvalue weighted by Crippen LogP contribution is -2.02. The van der Waals surface area contributed by atoms with Gasteiger partial charge in [0.15, 0.2) is 0 Å². The topological polar surface area (TPSA) is 82.1 Å². The Hall–Kier alpha value is -2.30. The van der Waals surface area contributed by atoms with Crippen molar-refractivity contribution in [3.63, 3.8) is 0 Å². The Morgan fingerprint density at radius 1 is 0.844 bits per heavy atom. The van der Waals surface area contributed by atoms with Gasteiger partial charge >= 0.3 is 0 Å². The lowest BCUT2D eigenvalue weighted by atomic mass is 10.1. The van der Waals surface area contributed by atoms with Crippen LogP contribution < -0.4 is 4.74 Å². The zero-order valence-corrected chi connectivity index (χ0v) is 19.2. The fraction of sp³-hybridized carbons (Fsp3) is 0. The van der Waals surface area contributed by atoms with Gasteiger partial charge in [-0.1, -0.05) is 46.4 Å². The molecule has 164 valence electrons. The Kier molecular flexibility index (Phi) is 6.92. The number of rotatable bonds is 7. The second kappa shape index (κ2) is 9.68. The molecule has 0 radical (unpaired) electrons. The lowest BCUT2D eigenvalue weighted by molar-refractivity contribution is -0.432. The molecule has 0 bridgehead atoms. The van der Waals surface area contributed by atoms with Crippen molar-refractivity contribution in [3.8, 4) is 11.5 Å². The highest BCUT2D eigenvalue weighted by Gasteiger charge is 2.21. The maximum Gasteiger partial charge on any atom is 0.208 e. The van der Waals surface area contributed by atoms with Crippen LogP contribution in [-0.4, -0.2) is 13.7 Å². The molecule has 0 atom stereocenters. The molecule has 4 rings (SSSR count). The minimum Gasteiger partial charge on any atom is -0.457 e. The van der Waals surface area contributed by atoms with Crippen molar-refractivity contribution in [1.29, 1.82) is 0 Å². The monoisotopic (exact) mass is 508 g/mol. The first-order valence-corrected chi connectivity index (χ1v) is 12.0. The molecular weight excluding hydrogens is 495 g/mol. The van der Waals surface area contributed by atoms with E-state index in [4.69, 9.17) is 33.2 Å². The molecule has 0 fully saturated rings. The van der Waals surface area contributed by atoms with Crippen molar-refractivity contribution in [1.82, 2.24) is 0 Å². The van der Waals surface area contributed by atoms with E-state index < -0.39 is 9.84 Å². The molecule has 0 saturated carbocycles. The van der Waals surface area contributed by atoms with E-state index in [1.807, 2.05) is 18.2 Å².